The third kappa shape index (κ3) is 1.21. The molecule has 0 unspecified atom stereocenters. The maximum atomic E-state index is 11.1. The van der Waals surface area contributed by atoms with E-state index in [0.29, 0.717) is 0 Å². The average Bonchev–Trinajstić information content (AvgIpc) is 2.49. The summed E-state index contributed by atoms with van der Waals surface area (Å²) in [5, 5.41) is 9.70. The lowest BCUT2D eigenvalue weighted by molar-refractivity contribution is -0.144. The Kier molecular flexibility index (Phi) is 2.04. The molecule has 1 aromatic rings. The van der Waals surface area contributed by atoms with Crippen molar-refractivity contribution in [2.45, 2.75) is 18.4 Å². The lowest BCUT2D eigenvalue weighted by atomic mass is 9.80. The fourth-order valence-electron chi connectivity index (χ4n) is 1.70. The number of aliphatic hydroxyl groups is 1. The Balaban J connectivity index is 2.39. The van der Waals surface area contributed by atoms with Crippen molar-refractivity contribution >= 4 is 5.97 Å². The lowest BCUT2D eigenvalue weighted by Crippen LogP contribution is -2.36. The molecule has 0 bridgehead atoms. The molecule has 1 aliphatic rings. The first-order valence-corrected chi connectivity index (χ1v) is 4.55. The van der Waals surface area contributed by atoms with Crippen LogP contribution in [0.1, 0.15) is 12.5 Å². The largest absolute Gasteiger partial charge is 0.463 e. The third-order valence-electron chi connectivity index (χ3n) is 2.77. The fourth-order valence-corrected chi connectivity index (χ4v) is 1.70. The minimum Gasteiger partial charge on any atom is -0.463 e. The number of aliphatic hydroxyl groups excluding tert-OH is 1. The number of ether oxygens (including phenoxy) is 1. The van der Waals surface area contributed by atoms with Gasteiger partial charge in [-0.05, 0) is 12.5 Å². The molecule has 1 aromatic carbocycles. The number of benzene rings is 1. The lowest BCUT2D eigenvalue weighted by Gasteiger charge is -2.23. The van der Waals surface area contributed by atoms with E-state index >= 15 is 0 Å². The van der Waals surface area contributed by atoms with Crippen LogP contribution in [0.5, 0.6) is 0 Å². The second-order valence-corrected chi connectivity index (χ2v) is 3.79. The monoisotopic (exact) mass is 192 g/mol. The van der Waals surface area contributed by atoms with Gasteiger partial charge >= 0.3 is 5.97 Å². The van der Waals surface area contributed by atoms with Crippen LogP contribution in [-0.2, 0) is 14.9 Å². The van der Waals surface area contributed by atoms with E-state index in [-0.39, 0.29) is 6.61 Å². The van der Waals surface area contributed by atoms with Crippen LogP contribution in [0.15, 0.2) is 30.3 Å². The van der Waals surface area contributed by atoms with Gasteiger partial charge in [0.15, 0.2) is 6.10 Å². The molecule has 0 saturated carbocycles. The summed E-state index contributed by atoms with van der Waals surface area (Å²) in [7, 11) is 0. The SMILES string of the molecule is C[C@]1(c2ccccc2)COC(=O)[C@@H]1O. The Morgan fingerprint density at radius 2 is 2.07 bits per heavy atom. The molecule has 2 rings (SSSR count). The van der Waals surface area contributed by atoms with Crippen LogP contribution in [0.4, 0.5) is 0 Å². The highest BCUT2D eigenvalue weighted by molar-refractivity contribution is 5.79. The quantitative estimate of drug-likeness (QED) is 0.671. The summed E-state index contributed by atoms with van der Waals surface area (Å²) in [5.41, 5.74) is 0.330. The van der Waals surface area contributed by atoms with Crippen molar-refractivity contribution in [2.75, 3.05) is 6.61 Å². The first kappa shape index (κ1) is 9.21. The first-order valence-electron chi connectivity index (χ1n) is 4.55. The Bertz CT molecular complexity index is 347. The molecule has 0 radical (unpaired) electrons. The molecule has 0 amide bonds. The number of carbonyl (C=O) groups is 1. The molecule has 0 spiro atoms. The van der Waals surface area contributed by atoms with Crippen molar-refractivity contribution in [1.82, 2.24) is 0 Å². The molecule has 1 aliphatic heterocycles. The Morgan fingerprint density at radius 1 is 1.43 bits per heavy atom. The van der Waals surface area contributed by atoms with Crippen LogP contribution in [0.3, 0.4) is 0 Å². The molecule has 2 atom stereocenters. The zero-order valence-electron chi connectivity index (χ0n) is 7.93. The van der Waals surface area contributed by atoms with Crippen LogP contribution < -0.4 is 0 Å². The highest BCUT2D eigenvalue weighted by Gasteiger charge is 2.47. The van der Waals surface area contributed by atoms with Gasteiger partial charge in [0, 0.05) is 0 Å². The molecule has 1 fully saturated rings. The Labute approximate surface area is 82.3 Å². The van der Waals surface area contributed by atoms with Gasteiger partial charge in [0.05, 0.1) is 5.41 Å². The average molecular weight is 192 g/mol. The van der Waals surface area contributed by atoms with E-state index in [1.54, 1.807) is 0 Å². The molecular formula is C11H12O3. The molecule has 1 heterocycles. The Hall–Kier alpha value is -1.35. The maximum Gasteiger partial charge on any atom is 0.336 e. The predicted octanol–water partition coefficient (Wildman–Crippen LogP) is 0.862. The maximum absolute atomic E-state index is 11.1. The molecule has 0 aromatic heterocycles. The standard InChI is InChI=1S/C11H12O3/c1-11(7-14-10(13)9(11)12)8-5-3-2-4-6-8/h2-6,9,12H,7H2,1H3/t9-,11+/m0/s1. The molecular weight excluding hydrogens is 180 g/mol. The zero-order chi connectivity index (χ0) is 10.2. The van der Waals surface area contributed by atoms with Crippen molar-refractivity contribution in [1.29, 1.82) is 0 Å². The summed E-state index contributed by atoms with van der Waals surface area (Å²) in [6.45, 7) is 2.08. The summed E-state index contributed by atoms with van der Waals surface area (Å²) >= 11 is 0. The number of hydrogen-bond acceptors (Lipinski definition) is 3. The summed E-state index contributed by atoms with van der Waals surface area (Å²) in [5.74, 6) is -0.531. The van der Waals surface area contributed by atoms with Crippen LogP contribution in [0.25, 0.3) is 0 Å². The van der Waals surface area contributed by atoms with Crippen LogP contribution in [-0.4, -0.2) is 23.8 Å². The van der Waals surface area contributed by atoms with Crippen LogP contribution >= 0.6 is 0 Å². The number of hydrogen-bond donors (Lipinski definition) is 1. The van der Waals surface area contributed by atoms with Gasteiger partial charge in [0.1, 0.15) is 6.61 Å². The van der Waals surface area contributed by atoms with Gasteiger partial charge in [0.2, 0.25) is 0 Å². The molecule has 74 valence electrons. The van der Waals surface area contributed by atoms with Crippen molar-refractivity contribution < 1.29 is 14.6 Å². The Morgan fingerprint density at radius 3 is 2.57 bits per heavy atom. The second-order valence-electron chi connectivity index (χ2n) is 3.79. The second kappa shape index (κ2) is 3.10. The van der Waals surface area contributed by atoms with E-state index in [0.717, 1.165) is 5.56 Å². The minimum absolute atomic E-state index is 0.247. The molecule has 3 heteroatoms. The topological polar surface area (TPSA) is 46.5 Å². The van der Waals surface area contributed by atoms with Crippen molar-refractivity contribution in [3.8, 4) is 0 Å². The van der Waals surface area contributed by atoms with Crippen molar-refractivity contribution in [3.63, 3.8) is 0 Å². The van der Waals surface area contributed by atoms with E-state index in [1.165, 1.54) is 0 Å². The number of carbonyl (C=O) groups excluding carboxylic acids is 1. The first-order chi connectivity index (χ1) is 6.64. The number of esters is 1. The van der Waals surface area contributed by atoms with Gasteiger partial charge in [-0.1, -0.05) is 30.3 Å². The van der Waals surface area contributed by atoms with Crippen LogP contribution in [0, 0.1) is 0 Å². The fraction of sp³-hybridized carbons (Fsp3) is 0.364. The van der Waals surface area contributed by atoms with E-state index in [9.17, 15) is 9.90 Å². The summed E-state index contributed by atoms with van der Waals surface area (Å²) < 4.78 is 4.85. The molecule has 0 aliphatic carbocycles. The minimum atomic E-state index is -1.05. The van der Waals surface area contributed by atoms with Crippen LogP contribution in [0.2, 0.25) is 0 Å². The van der Waals surface area contributed by atoms with E-state index in [2.05, 4.69) is 0 Å². The normalized spacial score (nSPS) is 31.6. The smallest absolute Gasteiger partial charge is 0.336 e. The molecule has 1 N–H and O–H groups in total. The highest BCUT2D eigenvalue weighted by atomic mass is 16.6. The summed E-state index contributed by atoms with van der Waals surface area (Å²) in [4.78, 5) is 11.1. The van der Waals surface area contributed by atoms with E-state index in [4.69, 9.17) is 4.74 Å². The zero-order valence-corrected chi connectivity index (χ0v) is 7.93. The number of cyclic esters (lactones) is 1. The van der Waals surface area contributed by atoms with E-state index in [1.807, 2.05) is 37.3 Å². The molecule has 1 saturated heterocycles. The summed E-state index contributed by atoms with van der Waals surface area (Å²) in [6, 6.07) is 9.46. The predicted molar refractivity (Wildman–Crippen MR) is 50.8 cm³/mol. The van der Waals surface area contributed by atoms with Gasteiger partial charge in [0.25, 0.3) is 0 Å². The van der Waals surface area contributed by atoms with Gasteiger partial charge < -0.3 is 9.84 Å². The van der Waals surface area contributed by atoms with Crippen molar-refractivity contribution in [2.24, 2.45) is 0 Å². The number of rotatable bonds is 1. The highest BCUT2D eigenvalue weighted by Crippen LogP contribution is 2.33. The van der Waals surface area contributed by atoms with Gasteiger partial charge in [-0.2, -0.15) is 0 Å². The summed E-state index contributed by atoms with van der Waals surface area (Å²) in [6.07, 6.45) is -1.05. The van der Waals surface area contributed by atoms with Gasteiger partial charge in [-0.15, -0.1) is 0 Å². The molecule has 14 heavy (non-hydrogen) atoms. The van der Waals surface area contributed by atoms with Crippen molar-refractivity contribution in [3.05, 3.63) is 35.9 Å². The molecule has 3 nitrogen and oxygen atoms in total. The van der Waals surface area contributed by atoms with Gasteiger partial charge in [-0.3, -0.25) is 0 Å². The van der Waals surface area contributed by atoms with Gasteiger partial charge in [-0.25, -0.2) is 4.79 Å². The van der Waals surface area contributed by atoms with E-state index < -0.39 is 17.5 Å². The third-order valence-corrected chi connectivity index (χ3v) is 2.77.